The van der Waals surface area contributed by atoms with Crippen LogP contribution in [0.15, 0.2) is 16.6 Å². The van der Waals surface area contributed by atoms with Crippen molar-refractivity contribution in [3.8, 4) is 5.75 Å². The normalized spacial score (nSPS) is 14.5. The molecule has 0 atom stereocenters. The van der Waals surface area contributed by atoms with E-state index in [1.165, 1.54) is 5.56 Å². The van der Waals surface area contributed by atoms with E-state index >= 15 is 0 Å². The van der Waals surface area contributed by atoms with Gasteiger partial charge in [-0.15, -0.1) is 0 Å². The lowest BCUT2D eigenvalue weighted by molar-refractivity contribution is 0.323. The largest absolute Gasteiger partial charge is 0.490 e. The van der Waals surface area contributed by atoms with Crippen molar-refractivity contribution in [2.75, 3.05) is 18.5 Å². The van der Waals surface area contributed by atoms with Gasteiger partial charge in [0.2, 0.25) is 0 Å². The minimum absolute atomic E-state index is 0.753. The monoisotopic (exact) mass is 227 g/mol. The maximum Gasteiger partial charge on any atom is 0.143 e. The second-order valence-electron chi connectivity index (χ2n) is 2.87. The molecule has 1 aromatic rings. The van der Waals surface area contributed by atoms with Gasteiger partial charge in [-0.05, 0) is 24.6 Å². The van der Waals surface area contributed by atoms with Crippen molar-refractivity contribution in [3.05, 3.63) is 22.2 Å². The van der Waals surface area contributed by atoms with Gasteiger partial charge in [-0.25, -0.2) is 0 Å². The van der Waals surface area contributed by atoms with E-state index in [4.69, 9.17) is 4.74 Å². The van der Waals surface area contributed by atoms with Crippen LogP contribution >= 0.6 is 15.9 Å². The zero-order valence-electron chi connectivity index (χ0n) is 6.86. The van der Waals surface area contributed by atoms with Crippen LogP contribution in [-0.2, 0) is 0 Å². The first kappa shape index (κ1) is 7.92. The van der Waals surface area contributed by atoms with Gasteiger partial charge in [0.25, 0.3) is 0 Å². The molecule has 64 valence electrons. The first-order valence-electron chi connectivity index (χ1n) is 3.94. The van der Waals surface area contributed by atoms with Crippen molar-refractivity contribution in [1.82, 2.24) is 0 Å². The van der Waals surface area contributed by atoms with Gasteiger partial charge in [-0.1, -0.05) is 15.9 Å². The second kappa shape index (κ2) is 2.98. The molecular weight excluding hydrogens is 218 g/mol. The van der Waals surface area contributed by atoms with Gasteiger partial charge in [-0.3, -0.25) is 0 Å². The molecule has 2 rings (SSSR count). The fourth-order valence-corrected chi connectivity index (χ4v) is 1.94. The van der Waals surface area contributed by atoms with E-state index in [1.807, 2.05) is 6.07 Å². The smallest absolute Gasteiger partial charge is 0.143 e. The molecule has 1 N–H and O–H groups in total. The summed E-state index contributed by atoms with van der Waals surface area (Å²) in [6.07, 6.45) is 0. The van der Waals surface area contributed by atoms with E-state index < -0.39 is 0 Å². The third-order valence-corrected chi connectivity index (χ3v) is 2.38. The SMILES string of the molecule is Cc1cc(Br)cc2c1NCCO2. The van der Waals surface area contributed by atoms with E-state index in [0.29, 0.717) is 0 Å². The van der Waals surface area contributed by atoms with Crippen molar-refractivity contribution in [2.45, 2.75) is 6.92 Å². The molecule has 12 heavy (non-hydrogen) atoms. The summed E-state index contributed by atoms with van der Waals surface area (Å²) in [5, 5.41) is 3.31. The van der Waals surface area contributed by atoms with E-state index in [1.54, 1.807) is 0 Å². The molecule has 2 nitrogen and oxygen atoms in total. The lowest BCUT2D eigenvalue weighted by Crippen LogP contribution is -2.18. The predicted molar refractivity (Wildman–Crippen MR) is 52.9 cm³/mol. The first-order valence-corrected chi connectivity index (χ1v) is 4.73. The van der Waals surface area contributed by atoms with Crippen molar-refractivity contribution < 1.29 is 4.74 Å². The fraction of sp³-hybridized carbons (Fsp3) is 0.333. The average Bonchev–Trinajstić information content (AvgIpc) is 2.04. The third-order valence-electron chi connectivity index (χ3n) is 1.93. The Morgan fingerprint density at radius 1 is 1.50 bits per heavy atom. The molecule has 1 heterocycles. The highest BCUT2D eigenvalue weighted by molar-refractivity contribution is 9.10. The van der Waals surface area contributed by atoms with Crippen LogP contribution in [0.2, 0.25) is 0 Å². The number of anilines is 1. The zero-order chi connectivity index (χ0) is 8.55. The number of hydrogen-bond donors (Lipinski definition) is 1. The quantitative estimate of drug-likeness (QED) is 0.736. The molecule has 0 saturated heterocycles. The predicted octanol–water partition coefficient (Wildman–Crippen LogP) is 2.56. The number of fused-ring (bicyclic) bond motifs is 1. The van der Waals surface area contributed by atoms with Crippen LogP contribution in [0.25, 0.3) is 0 Å². The van der Waals surface area contributed by atoms with Crippen molar-refractivity contribution in [3.63, 3.8) is 0 Å². The average molecular weight is 228 g/mol. The summed E-state index contributed by atoms with van der Waals surface area (Å²) < 4.78 is 6.56. The lowest BCUT2D eigenvalue weighted by Gasteiger charge is -2.21. The summed E-state index contributed by atoms with van der Waals surface area (Å²) in [5.41, 5.74) is 2.35. The van der Waals surface area contributed by atoms with Crippen molar-refractivity contribution in [2.24, 2.45) is 0 Å². The highest BCUT2D eigenvalue weighted by atomic mass is 79.9. The highest BCUT2D eigenvalue weighted by Gasteiger charge is 2.11. The molecule has 0 aliphatic carbocycles. The zero-order valence-corrected chi connectivity index (χ0v) is 8.44. The number of rotatable bonds is 0. The molecule has 0 unspecified atom stereocenters. The van der Waals surface area contributed by atoms with Crippen LogP contribution in [0, 0.1) is 6.92 Å². The molecule has 1 aromatic carbocycles. The van der Waals surface area contributed by atoms with E-state index in [0.717, 1.165) is 29.1 Å². The number of halogens is 1. The van der Waals surface area contributed by atoms with Gasteiger partial charge >= 0.3 is 0 Å². The van der Waals surface area contributed by atoms with Crippen LogP contribution in [-0.4, -0.2) is 13.2 Å². The summed E-state index contributed by atoms with van der Waals surface area (Å²) in [6.45, 7) is 3.73. The molecule has 0 aromatic heterocycles. The second-order valence-corrected chi connectivity index (χ2v) is 3.79. The Kier molecular flexibility index (Phi) is 1.97. The Morgan fingerprint density at radius 2 is 2.33 bits per heavy atom. The third kappa shape index (κ3) is 1.29. The summed E-state index contributed by atoms with van der Waals surface area (Å²) in [4.78, 5) is 0. The van der Waals surface area contributed by atoms with Gasteiger partial charge in [0.1, 0.15) is 12.4 Å². The van der Waals surface area contributed by atoms with Gasteiger partial charge in [0.05, 0.1) is 5.69 Å². The van der Waals surface area contributed by atoms with Crippen molar-refractivity contribution in [1.29, 1.82) is 0 Å². The number of nitrogens with one attached hydrogen (secondary N) is 1. The highest BCUT2D eigenvalue weighted by Crippen LogP contribution is 2.33. The van der Waals surface area contributed by atoms with Gasteiger partial charge < -0.3 is 10.1 Å². The lowest BCUT2D eigenvalue weighted by atomic mass is 10.1. The Hall–Kier alpha value is -0.700. The Bertz CT molecular complexity index is 312. The maximum absolute atomic E-state index is 5.49. The molecule has 3 heteroatoms. The summed E-state index contributed by atoms with van der Waals surface area (Å²) in [6, 6.07) is 4.08. The molecule has 0 amide bonds. The van der Waals surface area contributed by atoms with Gasteiger partial charge in [-0.2, -0.15) is 0 Å². The molecule has 0 spiro atoms. The van der Waals surface area contributed by atoms with Crippen LogP contribution in [0.3, 0.4) is 0 Å². The molecule has 0 radical (unpaired) electrons. The molecule has 0 saturated carbocycles. The summed E-state index contributed by atoms with van der Waals surface area (Å²) in [7, 11) is 0. The minimum atomic E-state index is 0.753. The Labute approximate surface area is 80.1 Å². The summed E-state index contributed by atoms with van der Waals surface area (Å²) >= 11 is 3.43. The van der Waals surface area contributed by atoms with Gasteiger partial charge in [0, 0.05) is 11.0 Å². The molecule has 1 aliphatic heterocycles. The topological polar surface area (TPSA) is 21.3 Å². The number of ether oxygens (including phenoxy) is 1. The minimum Gasteiger partial charge on any atom is -0.490 e. The summed E-state index contributed by atoms with van der Waals surface area (Å²) in [5.74, 6) is 0.952. The number of hydrogen-bond acceptors (Lipinski definition) is 2. The Balaban J connectivity index is 2.53. The van der Waals surface area contributed by atoms with Crippen LogP contribution in [0.5, 0.6) is 5.75 Å². The standard InChI is InChI=1S/C9H10BrNO/c1-6-4-7(10)5-8-9(6)11-2-3-12-8/h4-5,11H,2-3H2,1H3. The maximum atomic E-state index is 5.49. The fourth-order valence-electron chi connectivity index (χ4n) is 1.39. The number of benzene rings is 1. The molecule has 0 bridgehead atoms. The van der Waals surface area contributed by atoms with E-state index in [2.05, 4.69) is 34.2 Å². The van der Waals surface area contributed by atoms with E-state index in [-0.39, 0.29) is 0 Å². The molecular formula is C9H10BrNO. The first-order chi connectivity index (χ1) is 5.77. The van der Waals surface area contributed by atoms with Crippen LogP contribution in [0.1, 0.15) is 5.56 Å². The van der Waals surface area contributed by atoms with Crippen LogP contribution in [0.4, 0.5) is 5.69 Å². The molecule has 0 fully saturated rings. The van der Waals surface area contributed by atoms with Gasteiger partial charge in [0.15, 0.2) is 0 Å². The number of aryl methyl sites for hydroxylation is 1. The molecule has 1 aliphatic rings. The van der Waals surface area contributed by atoms with Crippen LogP contribution < -0.4 is 10.1 Å². The Morgan fingerprint density at radius 3 is 3.17 bits per heavy atom. The van der Waals surface area contributed by atoms with E-state index in [9.17, 15) is 0 Å². The van der Waals surface area contributed by atoms with Crippen molar-refractivity contribution >= 4 is 21.6 Å².